The summed E-state index contributed by atoms with van der Waals surface area (Å²) in [6.07, 6.45) is 10.5. The van der Waals surface area contributed by atoms with Crippen LogP contribution >= 0.6 is 0 Å². The van der Waals surface area contributed by atoms with Gasteiger partial charge in [0.05, 0.1) is 22.2 Å². The van der Waals surface area contributed by atoms with Crippen molar-refractivity contribution in [1.82, 2.24) is 40.8 Å². The number of aromatic nitrogens is 6. The molecule has 0 aliphatic heterocycles. The van der Waals surface area contributed by atoms with E-state index in [2.05, 4.69) is 50.5 Å². The standard InChI is InChI=1S/C28H30N8/c1-3-18-5-4-6-23-25(18)34-28(33-23)27-26-24(35-36-27)12-11-22(32-26)19-13-17(14-30-16-19)15-31-21-9-7-20(29-2)8-10-21/h3-6,11-14,16,20-21,29,31H,1,7-10,15H2,2H3,(H,33,34)(H,35,36). The second kappa shape index (κ2) is 9.64. The van der Waals surface area contributed by atoms with Gasteiger partial charge in [-0.3, -0.25) is 10.1 Å². The minimum Gasteiger partial charge on any atom is -0.336 e. The molecular weight excluding hydrogens is 448 g/mol. The molecule has 8 heteroatoms. The molecular formula is C28H30N8. The number of imidazole rings is 1. The second-order valence-corrected chi connectivity index (χ2v) is 9.50. The third-order valence-electron chi connectivity index (χ3n) is 7.22. The van der Waals surface area contributed by atoms with Crippen LogP contribution in [-0.2, 0) is 6.54 Å². The number of nitrogens with one attached hydrogen (secondary N) is 4. The molecule has 5 aromatic rings. The smallest absolute Gasteiger partial charge is 0.161 e. The molecule has 1 aromatic carbocycles. The summed E-state index contributed by atoms with van der Waals surface area (Å²) in [5.74, 6) is 0.680. The largest absolute Gasteiger partial charge is 0.336 e. The molecule has 0 saturated heterocycles. The zero-order valence-electron chi connectivity index (χ0n) is 20.4. The van der Waals surface area contributed by atoms with Crippen molar-refractivity contribution < 1.29 is 0 Å². The molecule has 182 valence electrons. The van der Waals surface area contributed by atoms with Crippen LogP contribution in [0.5, 0.6) is 0 Å². The molecule has 1 fully saturated rings. The third-order valence-corrected chi connectivity index (χ3v) is 7.22. The van der Waals surface area contributed by atoms with Crippen LogP contribution in [0, 0.1) is 0 Å². The number of rotatable bonds is 7. The average molecular weight is 479 g/mol. The van der Waals surface area contributed by atoms with Crippen LogP contribution in [-0.4, -0.2) is 49.3 Å². The van der Waals surface area contributed by atoms with Gasteiger partial charge in [-0.25, -0.2) is 9.97 Å². The highest BCUT2D eigenvalue weighted by Crippen LogP contribution is 2.29. The van der Waals surface area contributed by atoms with E-state index in [9.17, 15) is 0 Å². The van der Waals surface area contributed by atoms with Gasteiger partial charge in [-0.15, -0.1) is 0 Å². The third kappa shape index (κ3) is 4.29. The van der Waals surface area contributed by atoms with Gasteiger partial charge in [0.2, 0.25) is 0 Å². The molecule has 0 atom stereocenters. The molecule has 4 heterocycles. The Bertz CT molecular complexity index is 1520. The molecule has 0 bridgehead atoms. The fraction of sp³-hybridized carbons (Fsp3) is 0.286. The number of pyridine rings is 2. The van der Waals surface area contributed by atoms with E-state index in [-0.39, 0.29) is 0 Å². The van der Waals surface area contributed by atoms with Crippen molar-refractivity contribution in [2.24, 2.45) is 0 Å². The SMILES string of the molecule is C=Cc1cccc2[nH]c(-c3n[nH]c4ccc(-c5cncc(CNC6CCC(NC)CC6)c5)nc34)nc12. The van der Waals surface area contributed by atoms with Crippen LogP contribution in [0.2, 0.25) is 0 Å². The van der Waals surface area contributed by atoms with Gasteiger partial charge in [-0.05, 0) is 62.6 Å². The van der Waals surface area contributed by atoms with Crippen molar-refractivity contribution >= 4 is 28.1 Å². The number of hydrogen-bond donors (Lipinski definition) is 4. The molecule has 0 unspecified atom stereocenters. The number of aromatic amines is 2. The van der Waals surface area contributed by atoms with Crippen molar-refractivity contribution in [2.75, 3.05) is 7.05 Å². The van der Waals surface area contributed by atoms with Crippen molar-refractivity contribution in [3.8, 4) is 22.8 Å². The average Bonchev–Trinajstić information content (AvgIpc) is 3.56. The van der Waals surface area contributed by atoms with Crippen molar-refractivity contribution in [3.63, 3.8) is 0 Å². The first kappa shape index (κ1) is 22.6. The van der Waals surface area contributed by atoms with Crippen LogP contribution in [0.1, 0.15) is 36.8 Å². The van der Waals surface area contributed by atoms with Gasteiger partial charge in [-0.1, -0.05) is 24.8 Å². The van der Waals surface area contributed by atoms with Crippen molar-refractivity contribution in [1.29, 1.82) is 0 Å². The minimum atomic E-state index is 0.562. The Balaban J connectivity index is 1.26. The van der Waals surface area contributed by atoms with E-state index >= 15 is 0 Å². The van der Waals surface area contributed by atoms with Crippen molar-refractivity contribution in [2.45, 2.75) is 44.3 Å². The maximum absolute atomic E-state index is 4.96. The summed E-state index contributed by atoms with van der Waals surface area (Å²) in [6.45, 7) is 4.71. The summed E-state index contributed by atoms with van der Waals surface area (Å²) < 4.78 is 0. The van der Waals surface area contributed by atoms with Crippen LogP contribution in [0.4, 0.5) is 0 Å². The first-order chi connectivity index (χ1) is 17.7. The van der Waals surface area contributed by atoms with Gasteiger partial charge in [0.1, 0.15) is 5.52 Å². The van der Waals surface area contributed by atoms with E-state index in [4.69, 9.17) is 9.97 Å². The van der Waals surface area contributed by atoms with Gasteiger partial charge in [-0.2, -0.15) is 5.10 Å². The fourth-order valence-electron chi connectivity index (χ4n) is 5.13. The fourth-order valence-corrected chi connectivity index (χ4v) is 5.13. The quantitative estimate of drug-likeness (QED) is 0.267. The van der Waals surface area contributed by atoms with Crippen LogP contribution in [0.15, 0.2) is 55.4 Å². The molecule has 0 spiro atoms. The Kier molecular flexibility index (Phi) is 6.04. The molecule has 1 aliphatic carbocycles. The Hall–Kier alpha value is -3.88. The number of fused-ring (bicyclic) bond motifs is 2. The lowest BCUT2D eigenvalue weighted by atomic mass is 9.91. The van der Waals surface area contributed by atoms with Gasteiger partial charge in [0, 0.05) is 42.1 Å². The van der Waals surface area contributed by atoms with Crippen LogP contribution in [0.25, 0.3) is 50.9 Å². The zero-order valence-corrected chi connectivity index (χ0v) is 20.4. The van der Waals surface area contributed by atoms with Crippen LogP contribution < -0.4 is 10.6 Å². The maximum atomic E-state index is 4.96. The van der Waals surface area contributed by atoms with E-state index < -0.39 is 0 Å². The van der Waals surface area contributed by atoms with Gasteiger partial charge >= 0.3 is 0 Å². The first-order valence-electron chi connectivity index (χ1n) is 12.5. The van der Waals surface area contributed by atoms with E-state index in [1.807, 2.05) is 48.8 Å². The number of benzene rings is 1. The lowest BCUT2D eigenvalue weighted by molar-refractivity contribution is 0.317. The highest BCUT2D eigenvalue weighted by Gasteiger charge is 2.20. The lowest BCUT2D eigenvalue weighted by Gasteiger charge is -2.29. The molecule has 1 saturated carbocycles. The van der Waals surface area contributed by atoms with Gasteiger partial charge < -0.3 is 15.6 Å². The number of H-pyrrole nitrogens is 2. The Labute approximate surface area is 209 Å². The highest BCUT2D eigenvalue weighted by molar-refractivity contribution is 5.93. The molecule has 6 rings (SSSR count). The first-order valence-corrected chi connectivity index (χ1v) is 12.5. The van der Waals surface area contributed by atoms with Gasteiger partial charge in [0.25, 0.3) is 0 Å². The summed E-state index contributed by atoms with van der Waals surface area (Å²) in [6, 6.07) is 13.4. The topological polar surface area (TPSA) is 107 Å². The van der Waals surface area contributed by atoms with E-state index in [1.54, 1.807) is 0 Å². The highest BCUT2D eigenvalue weighted by atomic mass is 15.1. The second-order valence-electron chi connectivity index (χ2n) is 9.50. The molecule has 36 heavy (non-hydrogen) atoms. The normalized spacial score (nSPS) is 18.1. The van der Waals surface area contributed by atoms with Crippen LogP contribution in [0.3, 0.4) is 0 Å². The van der Waals surface area contributed by atoms with Crippen molar-refractivity contribution in [3.05, 3.63) is 66.5 Å². The molecule has 8 nitrogen and oxygen atoms in total. The molecule has 4 N–H and O–H groups in total. The summed E-state index contributed by atoms with van der Waals surface area (Å²) in [4.78, 5) is 17.6. The lowest BCUT2D eigenvalue weighted by Crippen LogP contribution is -2.38. The summed E-state index contributed by atoms with van der Waals surface area (Å²) in [5, 5.41) is 14.7. The summed E-state index contributed by atoms with van der Waals surface area (Å²) >= 11 is 0. The number of hydrogen-bond acceptors (Lipinski definition) is 6. The monoisotopic (exact) mass is 478 g/mol. The Morgan fingerprint density at radius 2 is 1.86 bits per heavy atom. The molecule has 0 radical (unpaired) electrons. The van der Waals surface area contributed by atoms with Gasteiger partial charge in [0.15, 0.2) is 11.5 Å². The molecule has 0 amide bonds. The molecule has 4 aromatic heterocycles. The Morgan fingerprint density at radius 3 is 2.69 bits per heavy atom. The summed E-state index contributed by atoms with van der Waals surface area (Å²) in [5.41, 5.74) is 8.13. The number of nitrogens with zero attached hydrogens (tertiary/aromatic N) is 4. The minimum absolute atomic E-state index is 0.562. The predicted molar refractivity (Wildman–Crippen MR) is 144 cm³/mol. The maximum Gasteiger partial charge on any atom is 0.161 e. The predicted octanol–water partition coefficient (Wildman–Crippen LogP) is 4.83. The van der Waals surface area contributed by atoms with E-state index in [1.165, 1.54) is 25.7 Å². The summed E-state index contributed by atoms with van der Waals surface area (Å²) in [7, 11) is 2.06. The number of para-hydroxylation sites is 1. The zero-order chi connectivity index (χ0) is 24.5. The van der Waals surface area contributed by atoms with E-state index in [0.29, 0.717) is 23.6 Å². The molecule has 1 aliphatic rings. The Morgan fingerprint density at radius 1 is 1.00 bits per heavy atom. The van der Waals surface area contributed by atoms with E-state index in [0.717, 1.165) is 51.0 Å².